The minimum atomic E-state index is -0.978. The first-order valence-corrected chi connectivity index (χ1v) is 10.3. The second-order valence-corrected chi connectivity index (χ2v) is 8.38. The molecule has 0 saturated carbocycles. The summed E-state index contributed by atoms with van der Waals surface area (Å²) in [6.07, 6.45) is 0. The summed E-state index contributed by atoms with van der Waals surface area (Å²) in [5.74, 6) is 1.15. The van der Waals surface area contributed by atoms with Crippen LogP contribution < -0.4 is 9.64 Å². The molecule has 1 aliphatic heterocycles. The molecule has 3 aromatic carbocycles. The van der Waals surface area contributed by atoms with E-state index >= 15 is 0 Å². The number of para-hydroxylation sites is 2. The van der Waals surface area contributed by atoms with Gasteiger partial charge in [-0.3, -0.25) is 4.79 Å². The molecule has 0 aromatic heterocycles. The number of hydrogen-bond donors (Lipinski definition) is 0. The molecule has 0 unspecified atom stereocenters. The summed E-state index contributed by atoms with van der Waals surface area (Å²) in [5.41, 5.74) is 2.47. The third kappa shape index (κ3) is 3.79. The lowest BCUT2D eigenvalue weighted by Crippen LogP contribution is -2.43. The van der Waals surface area contributed by atoms with E-state index in [9.17, 15) is 9.59 Å². The lowest BCUT2D eigenvalue weighted by Gasteiger charge is -2.28. The minimum absolute atomic E-state index is 0.231. The van der Waals surface area contributed by atoms with Gasteiger partial charge in [0, 0.05) is 5.56 Å². The highest BCUT2D eigenvalue weighted by Crippen LogP contribution is 2.36. The predicted octanol–water partition coefficient (Wildman–Crippen LogP) is 5.84. The van der Waals surface area contributed by atoms with Crippen molar-refractivity contribution in [1.29, 1.82) is 0 Å². The largest absolute Gasteiger partial charge is 0.457 e. The van der Waals surface area contributed by atoms with Crippen LogP contribution in [0.15, 0.2) is 72.8 Å². The number of imide groups is 1. The number of anilines is 1. The van der Waals surface area contributed by atoms with Gasteiger partial charge in [-0.1, -0.05) is 54.1 Å². The van der Waals surface area contributed by atoms with Crippen LogP contribution in [0.2, 0.25) is 0 Å². The summed E-state index contributed by atoms with van der Waals surface area (Å²) >= 11 is 0. The lowest BCUT2D eigenvalue weighted by atomic mass is 10.0. The number of rotatable bonds is 5. The van der Waals surface area contributed by atoms with Crippen molar-refractivity contribution in [2.75, 3.05) is 4.90 Å². The maximum atomic E-state index is 13.4. The van der Waals surface area contributed by atoms with Crippen LogP contribution >= 0.6 is 0 Å². The molecular weight excluding hydrogens is 388 g/mol. The lowest BCUT2D eigenvalue weighted by molar-refractivity contribution is -0.123. The zero-order valence-corrected chi connectivity index (χ0v) is 18.3. The molecule has 3 amide bonds. The van der Waals surface area contributed by atoms with Gasteiger partial charge < -0.3 is 9.64 Å². The third-order valence-electron chi connectivity index (χ3n) is 5.69. The van der Waals surface area contributed by atoms with Crippen molar-refractivity contribution in [1.82, 2.24) is 4.90 Å². The van der Waals surface area contributed by atoms with Crippen LogP contribution in [0.3, 0.4) is 0 Å². The number of amides is 3. The van der Waals surface area contributed by atoms with Crippen molar-refractivity contribution in [2.24, 2.45) is 0 Å². The number of nitrogens with zero attached hydrogens (tertiary/aromatic N) is 2. The number of carbonyl (C=O) groups is 2. The molecule has 0 spiro atoms. The van der Waals surface area contributed by atoms with Crippen LogP contribution in [0.5, 0.6) is 11.5 Å². The zero-order chi connectivity index (χ0) is 22.2. The predicted molar refractivity (Wildman–Crippen MR) is 121 cm³/mol. The van der Waals surface area contributed by atoms with E-state index in [1.54, 1.807) is 18.7 Å². The molecule has 0 atom stereocenters. The third-order valence-corrected chi connectivity index (χ3v) is 5.69. The van der Waals surface area contributed by atoms with E-state index in [4.69, 9.17) is 4.74 Å². The summed E-state index contributed by atoms with van der Waals surface area (Å²) in [6, 6.07) is 22.5. The van der Waals surface area contributed by atoms with Crippen molar-refractivity contribution < 1.29 is 14.3 Å². The Balaban J connectivity index is 1.66. The Bertz CT molecular complexity index is 1140. The molecule has 1 fully saturated rings. The first kappa shape index (κ1) is 20.7. The van der Waals surface area contributed by atoms with Gasteiger partial charge in [-0.15, -0.1) is 0 Å². The molecule has 0 radical (unpaired) electrons. The van der Waals surface area contributed by atoms with Crippen LogP contribution in [-0.4, -0.2) is 22.4 Å². The Morgan fingerprint density at radius 3 is 2.26 bits per heavy atom. The second kappa shape index (κ2) is 7.91. The Kier molecular flexibility index (Phi) is 5.27. The van der Waals surface area contributed by atoms with Crippen molar-refractivity contribution in [3.8, 4) is 11.5 Å². The number of ether oxygens (including phenoxy) is 1. The first-order valence-electron chi connectivity index (χ1n) is 10.3. The van der Waals surface area contributed by atoms with E-state index in [1.807, 2.05) is 86.6 Å². The van der Waals surface area contributed by atoms with Gasteiger partial charge in [0.2, 0.25) is 0 Å². The zero-order valence-electron chi connectivity index (χ0n) is 18.3. The summed E-state index contributed by atoms with van der Waals surface area (Å²) in [7, 11) is 0. The summed E-state index contributed by atoms with van der Waals surface area (Å²) in [5, 5.41) is 0. The van der Waals surface area contributed by atoms with E-state index in [0.29, 0.717) is 11.4 Å². The normalized spacial score (nSPS) is 15.5. The summed E-state index contributed by atoms with van der Waals surface area (Å²) in [4.78, 5) is 29.6. The average Bonchev–Trinajstić information content (AvgIpc) is 2.90. The molecule has 3 aromatic rings. The molecule has 1 heterocycles. The highest BCUT2D eigenvalue weighted by Gasteiger charge is 2.52. The van der Waals surface area contributed by atoms with E-state index < -0.39 is 5.54 Å². The van der Waals surface area contributed by atoms with Crippen LogP contribution in [0.25, 0.3) is 0 Å². The number of aryl methyl sites for hydroxylation is 2. The molecule has 31 heavy (non-hydrogen) atoms. The van der Waals surface area contributed by atoms with Crippen molar-refractivity contribution in [3.63, 3.8) is 0 Å². The average molecular weight is 415 g/mol. The van der Waals surface area contributed by atoms with E-state index in [-0.39, 0.29) is 18.5 Å². The van der Waals surface area contributed by atoms with Gasteiger partial charge in [-0.25, -0.2) is 9.69 Å². The number of hydrogen-bond acceptors (Lipinski definition) is 3. The molecule has 1 saturated heterocycles. The van der Waals surface area contributed by atoms with Crippen molar-refractivity contribution in [3.05, 3.63) is 89.5 Å². The first-order chi connectivity index (χ1) is 14.8. The fourth-order valence-electron chi connectivity index (χ4n) is 3.89. The minimum Gasteiger partial charge on any atom is -0.457 e. The molecule has 1 aliphatic rings. The fraction of sp³-hybridized carbons (Fsp3) is 0.231. The van der Waals surface area contributed by atoms with Crippen molar-refractivity contribution >= 4 is 17.6 Å². The molecular formula is C26H26N2O3. The number of benzene rings is 3. The van der Waals surface area contributed by atoms with Crippen LogP contribution in [0.1, 0.15) is 30.5 Å². The van der Waals surface area contributed by atoms with E-state index in [0.717, 1.165) is 22.4 Å². The van der Waals surface area contributed by atoms with Crippen molar-refractivity contribution in [2.45, 2.75) is 39.8 Å². The van der Waals surface area contributed by atoms with Crippen LogP contribution in [0, 0.1) is 13.8 Å². The van der Waals surface area contributed by atoms with Gasteiger partial charge in [-0.2, -0.15) is 0 Å². The van der Waals surface area contributed by atoms with Crippen LogP contribution in [-0.2, 0) is 11.3 Å². The molecule has 158 valence electrons. The molecule has 0 bridgehead atoms. The second-order valence-electron chi connectivity index (χ2n) is 8.38. The maximum absolute atomic E-state index is 13.4. The van der Waals surface area contributed by atoms with Gasteiger partial charge in [-0.05, 0) is 57.5 Å². The Hall–Kier alpha value is -3.60. The number of carbonyl (C=O) groups excluding carboxylic acids is 2. The standard InChI is InChI=1S/C26H26N2O3/c1-18-14-15-22(19(2)16-18)28-24(29)26(3,4)27(25(28)30)17-20-10-8-9-13-23(20)31-21-11-6-5-7-12-21/h5-16H,17H2,1-4H3. The van der Waals surface area contributed by atoms with E-state index in [2.05, 4.69) is 0 Å². The van der Waals surface area contributed by atoms with Gasteiger partial charge >= 0.3 is 6.03 Å². The fourth-order valence-corrected chi connectivity index (χ4v) is 3.89. The maximum Gasteiger partial charge on any atom is 0.332 e. The summed E-state index contributed by atoms with van der Waals surface area (Å²) < 4.78 is 6.06. The molecule has 5 heteroatoms. The van der Waals surface area contributed by atoms with Gasteiger partial charge in [0.05, 0.1) is 12.2 Å². The summed E-state index contributed by atoms with van der Waals surface area (Å²) in [6.45, 7) is 7.75. The van der Waals surface area contributed by atoms with Gasteiger partial charge in [0.25, 0.3) is 5.91 Å². The Labute approximate surface area is 182 Å². The molecule has 5 nitrogen and oxygen atoms in total. The molecule has 0 aliphatic carbocycles. The van der Waals surface area contributed by atoms with E-state index in [1.165, 1.54) is 4.90 Å². The highest BCUT2D eigenvalue weighted by atomic mass is 16.5. The van der Waals surface area contributed by atoms with Gasteiger partial charge in [0.1, 0.15) is 17.0 Å². The smallest absolute Gasteiger partial charge is 0.332 e. The van der Waals surface area contributed by atoms with Crippen LogP contribution in [0.4, 0.5) is 10.5 Å². The quantitative estimate of drug-likeness (QED) is 0.493. The molecule has 4 rings (SSSR count). The Morgan fingerprint density at radius 2 is 1.55 bits per heavy atom. The number of urea groups is 1. The monoisotopic (exact) mass is 414 g/mol. The topological polar surface area (TPSA) is 49.9 Å². The Morgan fingerprint density at radius 1 is 0.871 bits per heavy atom. The molecule has 0 N–H and O–H groups in total. The van der Waals surface area contributed by atoms with Gasteiger partial charge in [0.15, 0.2) is 0 Å². The SMILES string of the molecule is Cc1ccc(N2C(=O)N(Cc3ccccc3Oc3ccccc3)C(C)(C)C2=O)c(C)c1. The highest BCUT2D eigenvalue weighted by molar-refractivity contribution is 6.23.